The number of carbonyl (C=O) groups excluding carboxylic acids is 2. The third kappa shape index (κ3) is 5.07. The molecule has 1 rings (SSSR count). The minimum Gasteiger partial charge on any atom is -0.463 e. The van der Waals surface area contributed by atoms with Gasteiger partial charge in [-0.05, 0) is 19.1 Å². The van der Waals surface area contributed by atoms with Gasteiger partial charge >= 0.3 is 12.1 Å². The van der Waals surface area contributed by atoms with Gasteiger partial charge in [0, 0.05) is 13.7 Å². The molecule has 0 aliphatic heterocycles. The Morgan fingerprint density at radius 1 is 1.24 bits per heavy atom. The lowest BCUT2D eigenvalue weighted by atomic mass is 10.1. The average molecular weight is 383 g/mol. The average Bonchev–Trinajstić information content (AvgIpc) is 2.53. The molecule has 0 aromatic heterocycles. The number of amides is 1. The summed E-state index contributed by atoms with van der Waals surface area (Å²) in [4.78, 5) is 24.4. The largest absolute Gasteiger partial charge is 0.463 e. The van der Waals surface area contributed by atoms with Crippen molar-refractivity contribution in [2.75, 3.05) is 26.9 Å². The number of esters is 1. The van der Waals surface area contributed by atoms with Crippen LogP contribution in [-0.4, -0.2) is 50.6 Å². The third-order valence-electron chi connectivity index (χ3n) is 3.12. The summed E-state index contributed by atoms with van der Waals surface area (Å²) in [6, 6.07) is 5.52. The molecule has 0 heterocycles. The zero-order valence-corrected chi connectivity index (χ0v) is 14.3. The first-order chi connectivity index (χ1) is 11.7. The van der Waals surface area contributed by atoms with Gasteiger partial charge in [-0.25, -0.2) is 4.79 Å². The lowest BCUT2D eigenvalue weighted by Crippen LogP contribution is -2.73. The minimum atomic E-state index is -5.18. The van der Waals surface area contributed by atoms with Crippen LogP contribution in [0.4, 0.5) is 13.2 Å². The molecule has 0 unspecified atom stereocenters. The number of hydrogen-bond donors (Lipinski definition) is 2. The summed E-state index contributed by atoms with van der Waals surface area (Å²) in [7, 11) is 1.28. The van der Waals surface area contributed by atoms with E-state index in [1.165, 1.54) is 38.3 Å². The van der Waals surface area contributed by atoms with Crippen molar-refractivity contribution >= 4 is 23.5 Å². The Hall–Kier alpha value is -1.84. The fourth-order valence-electron chi connectivity index (χ4n) is 1.92. The van der Waals surface area contributed by atoms with Crippen LogP contribution >= 0.6 is 11.6 Å². The van der Waals surface area contributed by atoms with Gasteiger partial charge < -0.3 is 14.8 Å². The van der Waals surface area contributed by atoms with Gasteiger partial charge in [0.25, 0.3) is 11.6 Å². The van der Waals surface area contributed by atoms with E-state index in [1.807, 2.05) is 5.32 Å². The predicted octanol–water partition coefficient (Wildman–Crippen LogP) is 2.13. The number of halogens is 4. The summed E-state index contributed by atoms with van der Waals surface area (Å²) in [5.41, 5.74) is -3.65. The van der Waals surface area contributed by atoms with Gasteiger partial charge in [-0.1, -0.05) is 23.7 Å². The molecule has 0 saturated carbocycles. The first kappa shape index (κ1) is 21.2. The van der Waals surface area contributed by atoms with E-state index in [0.717, 1.165) is 0 Å². The first-order valence-electron chi connectivity index (χ1n) is 7.24. The van der Waals surface area contributed by atoms with Gasteiger partial charge in [0.05, 0.1) is 23.8 Å². The molecule has 0 radical (unpaired) electrons. The molecule has 10 heteroatoms. The van der Waals surface area contributed by atoms with Crippen molar-refractivity contribution in [3.63, 3.8) is 0 Å². The number of benzene rings is 1. The summed E-state index contributed by atoms with van der Waals surface area (Å²) in [6.45, 7) is 0.561. The highest BCUT2D eigenvalue weighted by atomic mass is 35.5. The zero-order chi connectivity index (χ0) is 19.1. The van der Waals surface area contributed by atoms with Crippen LogP contribution in [0.15, 0.2) is 24.3 Å². The lowest BCUT2D eigenvalue weighted by molar-refractivity contribution is -0.218. The molecular weight excluding hydrogens is 365 g/mol. The van der Waals surface area contributed by atoms with Crippen LogP contribution in [0.1, 0.15) is 17.3 Å². The second-order valence-corrected chi connectivity index (χ2v) is 5.23. The molecule has 25 heavy (non-hydrogen) atoms. The molecule has 140 valence electrons. The quantitative estimate of drug-likeness (QED) is 0.409. The van der Waals surface area contributed by atoms with Crippen molar-refractivity contribution in [3.05, 3.63) is 34.9 Å². The van der Waals surface area contributed by atoms with Crippen LogP contribution in [0, 0.1) is 0 Å². The number of hydrogen-bond acceptors (Lipinski definition) is 5. The molecule has 1 aromatic rings. The van der Waals surface area contributed by atoms with Gasteiger partial charge in [0.2, 0.25) is 0 Å². The fourth-order valence-corrected chi connectivity index (χ4v) is 2.14. The molecule has 1 aromatic carbocycles. The monoisotopic (exact) mass is 382 g/mol. The summed E-state index contributed by atoms with van der Waals surface area (Å²) in [6.07, 6.45) is -5.18. The van der Waals surface area contributed by atoms with E-state index in [2.05, 4.69) is 9.47 Å². The highest BCUT2D eigenvalue weighted by Crippen LogP contribution is 2.30. The standard InChI is InChI=1S/C15H18ClF3N2O4/c1-3-25-13(23)14(15(17,18)19,20-8-9-24-2)21-12(22)10-6-4-5-7-11(10)16/h4-7,20H,3,8-9H2,1-2H3,(H,21,22)/t14-/m1/s1. The molecule has 1 atom stereocenters. The van der Waals surface area contributed by atoms with E-state index in [0.29, 0.717) is 0 Å². The number of rotatable bonds is 8. The number of methoxy groups -OCH3 is 1. The zero-order valence-electron chi connectivity index (χ0n) is 13.6. The van der Waals surface area contributed by atoms with Crippen LogP contribution in [0.5, 0.6) is 0 Å². The third-order valence-corrected chi connectivity index (χ3v) is 3.45. The smallest absolute Gasteiger partial charge is 0.436 e. The maximum absolute atomic E-state index is 13.7. The Labute approximate surface area is 147 Å². The predicted molar refractivity (Wildman–Crippen MR) is 84.2 cm³/mol. The number of alkyl halides is 3. The molecule has 0 saturated heterocycles. The molecule has 0 bridgehead atoms. The van der Waals surface area contributed by atoms with E-state index >= 15 is 0 Å². The molecule has 2 N–H and O–H groups in total. The summed E-state index contributed by atoms with van der Waals surface area (Å²) in [5, 5.41) is 3.60. The van der Waals surface area contributed by atoms with Crippen LogP contribution in [-0.2, 0) is 14.3 Å². The Balaban J connectivity index is 3.25. The molecular formula is C15H18ClF3N2O4. The van der Waals surface area contributed by atoms with Crippen LogP contribution in [0.3, 0.4) is 0 Å². The fraction of sp³-hybridized carbons (Fsp3) is 0.467. The van der Waals surface area contributed by atoms with Crippen molar-refractivity contribution in [2.45, 2.75) is 18.8 Å². The van der Waals surface area contributed by atoms with Crippen molar-refractivity contribution in [3.8, 4) is 0 Å². The van der Waals surface area contributed by atoms with Gasteiger partial charge in [-0.3, -0.25) is 10.1 Å². The molecule has 0 aliphatic carbocycles. The molecule has 0 spiro atoms. The van der Waals surface area contributed by atoms with Gasteiger partial charge in [0.15, 0.2) is 0 Å². The van der Waals surface area contributed by atoms with Gasteiger partial charge in [-0.2, -0.15) is 13.2 Å². The summed E-state index contributed by atoms with van der Waals surface area (Å²) in [5.74, 6) is -2.86. The van der Waals surface area contributed by atoms with Gasteiger partial charge in [-0.15, -0.1) is 0 Å². The van der Waals surface area contributed by atoms with Crippen LogP contribution < -0.4 is 10.6 Å². The molecule has 6 nitrogen and oxygen atoms in total. The van der Waals surface area contributed by atoms with Crippen molar-refractivity contribution in [1.82, 2.24) is 10.6 Å². The Kier molecular flexibility index (Phi) is 7.65. The highest BCUT2D eigenvalue weighted by Gasteiger charge is 2.63. The Morgan fingerprint density at radius 3 is 2.40 bits per heavy atom. The normalized spacial score (nSPS) is 13.8. The maximum Gasteiger partial charge on any atom is 0.436 e. The second-order valence-electron chi connectivity index (χ2n) is 4.82. The van der Waals surface area contributed by atoms with Crippen molar-refractivity contribution in [1.29, 1.82) is 0 Å². The lowest BCUT2D eigenvalue weighted by Gasteiger charge is -2.34. The van der Waals surface area contributed by atoms with E-state index in [-0.39, 0.29) is 30.3 Å². The van der Waals surface area contributed by atoms with Crippen LogP contribution in [0.2, 0.25) is 5.02 Å². The maximum atomic E-state index is 13.7. The Morgan fingerprint density at radius 2 is 1.88 bits per heavy atom. The molecule has 0 aliphatic rings. The second kappa shape index (κ2) is 9.02. The minimum absolute atomic E-state index is 0.0585. The Bertz CT molecular complexity index is 613. The number of carbonyl (C=O) groups is 2. The summed E-state index contributed by atoms with van der Waals surface area (Å²) < 4.78 is 50.3. The first-order valence-corrected chi connectivity index (χ1v) is 7.62. The van der Waals surface area contributed by atoms with Crippen LogP contribution in [0.25, 0.3) is 0 Å². The highest BCUT2D eigenvalue weighted by molar-refractivity contribution is 6.33. The van der Waals surface area contributed by atoms with Crippen molar-refractivity contribution < 1.29 is 32.2 Å². The summed E-state index contributed by atoms with van der Waals surface area (Å²) >= 11 is 5.83. The van der Waals surface area contributed by atoms with E-state index in [4.69, 9.17) is 11.6 Å². The van der Waals surface area contributed by atoms with E-state index < -0.39 is 23.7 Å². The molecule has 1 amide bonds. The molecule has 0 fully saturated rings. The van der Waals surface area contributed by atoms with Crippen molar-refractivity contribution in [2.24, 2.45) is 0 Å². The number of ether oxygens (including phenoxy) is 2. The number of nitrogens with one attached hydrogen (secondary N) is 2. The SMILES string of the molecule is CCOC(=O)[C@@](NCCOC)(NC(=O)c1ccccc1Cl)C(F)(F)F. The van der Waals surface area contributed by atoms with E-state index in [9.17, 15) is 22.8 Å². The van der Waals surface area contributed by atoms with E-state index in [1.54, 1.807) is 5.32 Å². The topological polar surface area (TPSA) is 76.7 Å². The van der Waals surface area contributed by atoms with Gasteiger partial charge in [0.1, 0.15) is 0 Å².